The average Bonchev–Trinajstić information content (AvgIpc) is 3.07. The standard InChI is InChI=1S/C12H22O4/c1-9-7-11(9,14)12(8-10(12)2)16-6-5-15-4-3-13/h9-10,13-14H,3-8H2,1-2H3. The van der Waals surface area contributed by atoms with Gasteiger partial charge < -0.3 is 19.7 Å². The second-order valence-electron chi connectivity index (χ2n) is 5.21. The molecule has 2 aliphatic rings. The highest BCUT2D eigenvalue weighted by Gasteiger charge is 2.74. The van der Waals surface area contributed by atoms with Crippen molar-refractivity contribution in [2.45, 2.75) is 37.9 Å². The molecule has 0 heterocycles. The summed E-state index contributed by atoms with van der Waals surface area (Å²) in [6.07, 6.45) is 1.81. The minimum atomic E-state index is -0.594. The molecular formula is C12H22O4. The highest BCUT2D eigenvalue weighted by molar-refractivity contribution is 5.25. The molecule has 2 rings (SSSR count). The van der Waals surface area contributed by atoms with Gasteiger partial charge in [-0.25, -0.2) is 0 Å². The first-order valence-corrected chi connectivity index (χ1v) is 6.12. The van der Waals surface area contributed by atoms with Crippen LogP contribution in [0.2, 0.25) is 0 Å². The molecular weight excluding hydrogens is 208 g/mol. The van der Waals surface area contributed by atoms with E-state index in [0.29, 0.717) is 31.7 Å². The number of rotatable bonds is 7. The molecule has 4 unspecified atom stereocenters. The van der Waals surface area contributed by atoms with Gasteiger partial charge in [0.1, 0.15) is 5.60 Å². The molecule has 0 saturated heterocycles. The first kappa shape index (κ1) is 12.3. The molecule has 4 nitrogen and oxygen atoms in total. The van der Waals surface area contributed by atoms with Crippen LogP contribution in [0.4, 0.5) is 0 Å². The van der Waals surface area contributed by atoms with E-state index in [9.17, 15) is 5.11 Å². The predicted molar refractivity (Wildman–Crippen MR) is 59.1 cm³/mol. The summed E-state index contributed by atoms with van der Waals surface area (Å²) in [6.45, 7) is 5.57. The van der Waals surface area contributed by atoms with E-state index in [-0.39, 0.29) is 12.2 Å². The van der Waals surface area contributed by atoms with Crippen LogP contribution < -0.4 is 0 Å². The molecule has 4 atom stereocenters. The first-order chi connectivity index (χ1) is 7.57. The van der Waals surface area contributed by atoms with E-state index < -0.39 is 5.60 Å². The Morgan fingerprint density at radius 3 is 2.19 bits per heavy atom. The molecule has 2 aliphatic carbocycles. The van der Waals surface area contributed by atoms with E-state index in [1.807, 2.05) is 0 Å². The van der Waals surface area contributed by atoms with Crippen molar-refractivity contribution in [2.75, 3.05) is 26.4 Å². The maximum Gasteiger partial charge on any atom is 0.100 e. The number of aliphatic hydroxyl groups excluding tert-OH is 1. The summed E-state index contributed by atoms with van der Waals surface area (Å²) < 4.78 is 11.0. The zero-order valence-corrected chi connectivity index (χ0v) is 10.1. The lowest BCUT2D eigenvalue weighted by molar-refractivity contribution is -0.101. The Bertz CT molecular complexity index is 257. The van der Waals surface area contributed by atoms with Crippen LogP contribution >= 0.6 is 0 Å². The summed E-state index contributed by atoms with van der Waals surface area (Å²) in [6, 6.07) is 0. The van der Waals surface area contributed by atoms with Crippen molar-refractivity contribution in [1.82, 2.24) is 0 Å². The summed E-state index contributed by atoms with van der Waals surface area (Å²) >= 11 is 0. The highest BCUT2D eigenvalue weighted by atomic mass is 16.6. The van der Waals surface area contributed by atoms with E-state index in [1.54, 1.807) is 0 Å². The van der Waals surface area contributed by atoms with Gasteiger partial charge in [0.25, 0.3) is 0 Å². The molecule has 4 heteroatoms. The van der Waals surface area contributed by atoms with Crippen LogP contribution in [0.1, 0.15) is 26.7 Å². The van der Waals surface area contributed by atoms with Crippen LogP contribution in [0.15, 0.2) is 0 Å². The summed E-state index contributed by atoms with van der Waals surface area (Å²) in [4.78, 5) is 0. The smallest absolute Gasteiger partial charge is 0.100 e. The summed E-state index contributed by atoms with van der Waals surface area (Å²) in [5.74, 6) is 0.802. The highest BCUT2D eigenvalue weighted by Crippen LogP contribution is 2.65. The maximum atomic E-state index is 10.4. The first-order valence-electron chi connectivity index (χ1n) is 6.12. The molecule has 94 valence electrons. The van der Waals surface area contributed by atoms with Gasteiger partial charge in [0.2, 0.25) is 0 Å². The Kier molecular flexibility index (Phi) is 3.27. The third kappa shape index (κ3) is 1.88. The van der Waals surface area contributed by atoms with Gasteiger partial charge in [0, 0.05) is 0 Å². The number of hydrogen-bond acceptors (Lipinski definition) is 4. The molecule has 0 aromatic carbocycles. The molecule has 0 bridgehead atoms. The van der Waals surface area contributed by atoms with Crippen LogP contribution in [0, 0.1) is 11.8 Å². The molecule has 16 heavy (non-hydrogen) atoms. The fourth-order valence-corrected chi connectivity index (χ4v) is 2.77. The molecule has 0 spiro atoms. The van der Waals surface area contributed by atoms with Gasteiger partial charge in [0.15, 0.2) is 0 Å². The molecule has 2 N–H and O–H groups in total. The summed E-state index contributed by atoms with van der Waals surface area (Å²) in [7, 11) is 0. The van der Waals surface area contributed by atoms with Crippen molar-refractivity contribution in [2.24, 2.45) is 11.8 Å². The molecule has 0 radical (unpaired) electrons. The van der Waals surface area contributed by atoms with Crippen molar-refractivity contribution in [3.63, 3.8) is 0 Å². The molecule has 0 aromatic rings. The largest absolute Gasteiger partial charge is 0.394 e. The number of hydrogen-bond donors (Lipinski definition) is 2. The third-order valence-electron chi connectivity index (χ3n) is 4.07. The second kappa shape index (κ2) is 4.26. The second-order valence-corrected chi connectivity index (χ2v) is 5.21. The fourth-order valence-electron chi connectivity index (χ4n) is 2.77. The summed E-state index contributed by atoms with van der Waals surface area (Å²) in [5.41, 5.74) is -0.904. The zero-order chi connectivity index (χ0) is 11.8. The van der Waals surface area contributed by atoms with Gasteiger partial charge in [0.05, 0.1) is 32.0 Å². The fraction of sp³-hybridized carbons (Fsp3) is 1.00. The third-order valence-corrected chi connectivity index (χ3v) is 4.07. The lowest BCUT2D eigenvalue weighted by atomic mass is 10.1. The molecule has 2 saturated carbocycles. The van der Waals surface area contributed by atoms with Crippen molar-refractivity contribution in [3.8, 4) is 0 Å². The van der Waals surface area contributed by atoms with Crippen LogP contribution in [-0.4, -0.2) is 47.8 Å². The lowest BCUT2D eigenvalue weighted by Crippen LogP contribution is -2.37. The van der Waals surface area contributed by atoms with Crippen LogP contribution in [0.5, 0.6) is 0 Å². The van der Waals surface area contributed by atoms with Crippen molar-refractivity contribution >= 4 is 0 Å². The molecule has 0 aromatic heterocycles. The quantitative estimate of drug-likeness (QED) is 0.627. The van der Waals surface area contributed by atoms with Crippen LogP contribution in [0.25, 0.3) is 0 Å². The number of ether oxygens (including phenoxy) is 2. The van der Waals surface area contributed by atoms with Crippen molar-refractivity contribution in [3.05, 3.63) is 0 Å². The monoisotopic (exact) mass is 230 g/mol. The Morgan fingerprint density at radius 1 is 1.12 bits per heavy atom. The normalized spacial score (nSPS) is 45.8. The van der Waals surface area contributed by atoms with Gasteiger partial charge in [-0.2, -0.15) is 0 Å². The van der Waals surface area contributed by atoms with Crippen LogP contribution in [-0.2, 0) is 9.47 Å². The van der Waals surface area contributed by atoms with Gasteiger partial charge in [-0.15, -0.1) is 0 Å². The average molecular weight is 230 g/mol. The Morgan fingerprint density at radius 2 is 1.75 bits per heavy atom. The predicted octanol–water partition coefficient (Wildman–Crippen LogP) is 0.561. The Hall–Kier alpha value is -0.160. The van der Waals surface area contributed by atoms with Crippen molar-refractivity contribution < 1.29 is 19.7 Å². The maximum absolute atomic E-state index is 10.4. The van der Waals surface area contributed by atoms with E-state index in [1.165, 1.54) is 0 Å². The Labute approximate surface area is 96.6 Å². The molecule has 0 aliphatic heterocycles. The molecule has 2 fully saturated rings. The van der Waals surface area contributed by atoms with Gasteiger partial charge in [-0.3, -0.25) is 0 Å². The number of aliphatic hydroxyl groups is 2. The Balaban J connectivity index is 1.75. The van der Waals surface area contributed by atoms with E-state index in [2.05, 4.69) is 13.8 Å². The van der Waals surface area contributed by atoms with E-state index >= 15 is 0 Å². The minimum absolute atomic E-state index is 0.0442. The van der Waals surface area contributed by atoms with Crippen LogP contribution in [0.3, 0.4) is 0 Å². The lowest BCUT2D eigenvalue weighted by Gasteiger charge is -2.24. The van der Waals surface area contributed by atoms with Gasteiger partial charge in [-0.1, -0.05) is 13.8 Å². The zero-order valence-electron chi connectivity index (χ0n) is 10.1. The minimum Gasteiger partial charge on any atom is -0.394 e. The van der Waals surface area contributed by atoms with Crippen molar-refractivity contribution in [1.29, 1.82) is 0 Å². The topological polar surface area (TPSA) is 58.9 Å². The summed E-state index contributed by atoms with van der Waals surface area (Å²) in [5, 5.41) is 18.9. The van der Waals surface area contributed by atoms with Gasteiger partial charge >= 0.3 is 0 Å². The van der Waals surface area contributed by atoms with E-state index in [0.717, 1.165) is 12.8 Å². The SMILES string of the molecule is CC1CC1(O)C1(OCCOCCO)CC1C. The van der Waals surface area contributed by atoms with E-state index in [4.69, 9.17) is 14.6 Å². The molecule has 0 amide bonds. The van der Waals surface area contributed by atoms with Gasteiger partial charge in [-0.05, 0) is 24.7 Å².